The van der Waals surface area contributed by atoms with Crippen LogP contribution < -0.4 is 5.73 Å². The Labute approximate surface area is 100 Å². The highest BCUT2D eigenvalue weighted by Crippen LogP contribution is 2.26. The van der Waals surface area contributed by atoms with E-state index < -0.39 is 6.10 Å². The summed E-state index contributed by atoms with van der Waals surface area (Å²) in [4.78, 5) is 7.33. The van der Waals surface area contributed by atoms with Gasteiger partial charge in [-0.15, -0.1) is 0 Å². The number of nitrogen functional groups attached to an aromatic ring is 1. The van der Waals surface area contributed by atoms with E-state index in [0.717, 1.165) is 0 Å². The Kier molecular flexibility index (Phi) is 3.85. The Morgan fingerprint density at radius 3 is 2.67 bits per heavy atom. The van der Waals surface area contributed by atoms with Gasteiger partial charge < -0.3 is 10.8 Å². The Morgan fingerprint density at radius 2 is 2.20 bits per heavy atom. The number of aliphatic hydroxyl groups is 1. The monoisotopic (exact) mass is 290 g/mol. The summed E-state index contributed by atoms with van der Waals surface area (Å²) in [6, 6.07) is 1.77. The van der Waals surface area contributed by atoms with Crippen molar-refractivity contribution in [2.24, 2.45) is 0 Å². The largest absolute Gasteiger partial charge is 0.386 e. The third kappa shape index (κ3) is 2.56. The summed E-state index contributed by atoms with van der Waals surface area (Å²) in [6.45, 7) is 1.73. The van der Waals surface area contributed by atoms with E-state index in [2.05, 4.69) is 25.9 Å². The van der Waals surface area contributed by atoms with Gasteiger partial charge in [0.2, 0.25) is 0 Å². The fourth-order valence-corrected chi connectivity index (χ4v) is 1.42. The number of halogens is 2. The molecule has 3 N–H and O–H groups in total. The van der Waals surface area contributed by atoms with Crippen LogP contribution in [0, 0.1) is 11.3 Å². The quantitative estimate of drug-likeness (QED) is 0.803. The molecule has 0 bridgehead atoms. The Morgan fingerprint density at radius 1 is 1.60 bits per heavy atom. The lowest BCUT2D eigenvalue weighted by Crippen LogP contribution is -2.13. The van der Waals surface area contributed by atoms with Crippen molar-refractivity contribution in [1.82, 2.24) is 9.97 Å². The topological polar surface area (TPSA) is 95.8 Å². The number of hydrogen-bond donors (Lipinski definition) is 2. The van der Waals surface area contributed by atoms with Gasteiger partial charge in [0.25, 0.3) is 0 Å². The highest BCUT2D eigenvalue weighted by atomic mass is 79.9. The van der Waals surface area contributed by atoms with Crippen molar-refractivity contribution in [3.05, 3.63) is 16.5 Å². The van der Waals surface area contributed by atoms with Gasteiger partial charge in [-0.05, 0) is 6.92 Å². The first-order valence-electron chi connectivity index (χ1n) is 4.02. The number of hydrogen-bond acceptors (Lipinski definition) is 5. The SMILES string of the molecule is C[C@@H](Br)[C@@H](O)c1nc(C#N)c(N)nc1Cl. The minimum atomic E-state index is -0.933. The average molecular weight is 292 g/mol. The molecule has 0 fully saturated rings. The molecule has 7 heteroatoms. The number of aromatic nitrogens is 2. The standard InChI is InChI=1S/C8H8BrClN4O/c1-3(9)6(15)5-7(10)14-8(12)4(2-11)13-5/h3,6,15H,1H3,(H2,12,14)/t3-,6-/m1/s1. The summed E-state index contributed by atoms with van der Waals surface area (Å²) in [5.74, 6) is -0.0410. The molecule has 2 atom stereocenters. The van der Waals surface area contributed by atoms with Gasteiger partial charge in [0.1, 0.15) is 17.9 Å². The van der Waals surface area contributed by atoms with Crippen molar-refractivity contribution in [3.63, 3.8) is 0 Å². The maximum Gasteiger partial charge on any atom is 0.183 e. The van der Waals surface area contributed by atoms with E-state index in [0.29, 0.717) is 0 Å². The van der Waals surface area contributed by atoms with Gasteiger partial charge >= 0.3 is 0 Å². The number of rotatable bonds is 2. The zero-order valence-corrected chi connectivity index (χ0v) is 10.1. The van der Waals surface area contributed by atoms with Crippen LogP contribution >= 0.6 is 27.5 Å². The third-order valence-electron chi connectivity index (χ3n) is 1.73. The van der Waals surface area contributed by atoms with Crippen LogP contribution in [0.1, 0.15) is 24.4 Å². The Balaban J connectivity index is 3.26. The second-order valence-corrected chi connectivity index (χ2v) is 4.67. The summed E-state index contributed by atoms with van der Waals surface area (Å²) in [5, 5.41) is 18.4. The molecule has 0 saturated carbocycles. The molecular formula is C8H8BrClN4O. The van der Waals surface area contributed by atoms with Gasteiger partial charge in [0, 0.05) is 4.83 Å². The molecule has 0 aromatic carbocycles. The van der Waals surface area contributed by atoms with Gasteiger partial charge in [0.05, 0.1) is 0 Å². The highest BCUT2D eigenvalue weighted by Gasteiger charge is 2.21. The molecule has 1 aromatic rings. The van der Waals surface area contributed by atoms with Crippen molar-refractivity contribution in [2.45, 2.75) is 17.9 Å². The maximum absolute atomic E-state index is 9.71. The van der Waals surface area contributed by atoms with Crippen molar-refractivity contribution in [3.8, 4) is 6.07 Å². The van der Waals surface area contributed by atoms with Gasteiger partial charge in [0.15, 0.2) is 16.7 Å². The molecule has 1 aromatic heterocycles. The predicted octanol–water partition coefficient (Wildman–Crippen LogP) is 1.40. The van der Waals surface area contributed by atoms with Crippen LogP contribution in [-0.2, 0) is 0 Å². The molecule has 0 unspecified atom stereocenters. The van der Waals surface area contributed by atoms with Crippen LogP contribution in [0.2, 0.25) is 5.15 Å². The van der Waals surface area contributed by atoms with Gasteiger partial charge in [-0.3, -0.25) is 0 Å². The van der Waals surface area contributed by atoms with Crippen LogP contribution in [0.5, 0.6) is 0 Å². The zero-order valence-electron chi connectivity index (χ0n) is 7.78. The molecule has 1 rings (SSSR count). The minimum absolute atomic E-state index is 0.00491. The molecule has 0 amide bonds. The van der Waals surface area contributed by atoms with Crippen molar-refractivity contribution in [2.75, 3.05) is 5.73 Å². The Bertz CT molecular complexity index is 418. The zero-order chi connectivity index (χ0) is 11.6. The summed E-state index contributed by atoms with van der Waals surface area (Å²) in [7, 11) is 0. The summed E-state index contributed by atoms with van der Waals surface area (Å²) < 4.78 is 0. The Hall–Kier alpha value is -0.900. The van der Waals surface area contributed by atoms with Crippen LogP contribution in [0.15, 0.2) is 0 Å². The van der Waals surface area contributed by atoms with E-state index in [1.807, 2.05) is 0 Å². The first-order valence-corrected chi connectivity index (χ1v) is 5.32. The van der Waals surface area contributed by atoms with E-state index in [1.54, 1.807) is 13.0 Å². The minimum Gasteiger partial charge on any atom is -0.386 e. The van der Waals surface area contributed by atoms with Crippen LogP contribution in [0.3, 0.4) is 0 Å². The number of anilines is 1. The first kappa shape index (κ1) is 12.2. The summed E-state index contributed by atoms with van der Waals surface area (Å²) >= 11 is 8.94. The third-order valence-corrected chi connectivity index (χ3v) is 2.50. The predicted molar refractivity (Wildman–Crippen MR) is 59.5 cm³/mol. The van der Waals surface area contributed by atoms with E-state index in [4.69, 9.17) is 22.6 Å². The normalized spacial score (nSPS) is 14.3. The van der Waals surface area contributed by atoms with E-state index in [9.17, 15) is 5.11 Å². The fourth-order valence-electron chi connectivity index (χ4n) is 0.928. The van der Waals surface area contributed by atoms with Gasteiger partial charge in [-0.1, -0.05) is 27.5 Å². The van der Waals surface area contributed by atoms with Gasteiger partial charge in [-0.25, -0.2) is 9.97 Å². The fraction of sp³-hybridized carbons (Fsp3) is 0.375. The molecular weight excluding hydrogens is 283 g/mol. The second-order valence-electron chi connectivity index (χ2n) is 2.87. The molecule has 80 valence electrons. The molecule has 0 aliphatic heterocycles. The molecule has 5 nitrogen and oxygen atoms in total. The molecule has 0 saturated heterocycles. The molecule has 0 aliphatic carbocycles. The number of alkyl halides is 1. The summed E-state index contributed by atoms with van der Waals surface area (Å²) in [5.41, 5.74) is 5.51. The molecule has 0 aliphatic rings. The van der Waals surface area contributed by atoms with Crippen molar-refractivity contribution in [1.29, 1.82) is 5.26 Å². The highest BCUT2D eigenvalue weighted by molar-refractivity contribution is 9.09. The number of nitrogens with zero attached hydrogens (tertiary/aromatic N) is 3. The lowest BCUT2D eigenvalue weighted by molar-refractivity contribution is 0.176. The molecule has 1 heterocycles. The van der Waals surface area contributed by atoms with E-state index >= 15 is 0 Å². The second kappa shape index (κ2) is 4.75. The van der Waals surface area contributed by atoms with Crippen LogP contribution in [-0.4, -0.2) is 19.9 Å². The average Bonchev–Trinajstić information content (AvgIpc) is 2.17. The number of aliphatic hydroxyl groups excluding tert-OH is 1. The van der Waals surface area contributed by atoms with Crippen molar-refractivity contribution >= 4 is 33.3 Å². The lowest BCUT2D eigenvalue weighted by atomic mass is 10.2. The first-order chi connectivity index (χ1) is 6.97. The maximum atomic E-state index is 9.71. The van der Waals surface area contributed by atoms with Crippen LogP contribution in [0.4, 0.5) is 5.82 Å². The molecule has 0 radical (unpaired) electrons. The number of nitriles is 1. The number of nitrogens with two attached hydrogens (primary N) is 1. The lowest BCUT2D eigenvalue weighted by Gasteiger charge is -2.13. The summed E-state index contributed by atoms with van der Waals surface area (Å²) in [6.07, 6.45) is -0.933. The van der Waals surface area contributed by atoms with E-state index in [-0.39, 0.29) is 27.2 Å². The molecule has 0 spiro atoms. The van der Waals surface area contributed by atoms with Crippen LogP contribution in [0.25, 0.3) is 0 Å². The smallest absolute Gasteiger partial charge is 0.183 e. The van der Waals surface area contributed by atoms with Crippen molar-refractivity contribution < 1.29 is 5.11 Å². The molecule has 15 heavy (non-hydrogen) atoms. The van der Waals surface area contributed by atoms with Gasteiger partial charge in [-0.2, -0.15) is 5.26 Å². The van der Waals surface area contributed by atoms with E-state index in [1.165, 1.54) is 0 Å².